The van der Waals surface area contributed by atoms with Crippen LogP contribution in [0.5, 0.6) is 0 Å². The minimum absolute atomic E-state index is 0.0423. The Morgan fingerprint density at radius 1 is 1.28 bits per heavy atom. The van der Waals surface area contributed by atoms with Crippen LogP contribution < -0.4 is 5.14 Å². The third kappa shape index (κ3) is 3.76. The second kappa shape index (κ2) is 6.75. The van der Waals surface area contributed by atoms with Gasteiger partial charge in [-0.25, -0.2) is 13.6 Å². The quantitative estimate of drug-likeness (QED) is 0.722. The number of thiophene rings is 1. The summed E-state index contributed by atoms with van der Waals surface area (Å²) in [5.74, 6) is 0.166. The lowest BCUT2D eigenvalue weighted by Gasteiger charge is -2.14. The molecule has 2 aromatic heterocycles. The van der Waals surface area contributed by atoms with Gasteiger partial charge in [-0.1, -0.05) is 35.5 Å². The summed E-state index contributed by atoms with van der Waals surface area (Å²) in [6.45, 7) is 0.0423. The zero-order valence-electron chi connectivity index (χ0n) is 13.1. The average Bonchev–Trinajstić information content (AvgIpc) is 3.24. The van der Waals surface area contributed by atoms with Crippen LogP contribution in [0.3, 0.4) is 0 Å². The molecule has 1 aromatic carbocycles. The van der Waals surface area contributed by atoms with Gasteiger partial charge in [-0.05, 0) is 11.4 Å². The van der Waals surface area contributed by atoms with Crippen molar-refractivity contribution in [1.29, 1.82) is 0 Å². The predicted octanol–water partition coefficient (Wildman–Crippen LogP) is 1.72. The topological polar surface area (TPSA) is 119 Å². The minimum atomic E-state index is -3.96. The molecule has 0 unspecified atom stereocenters. The normalized spacial score (nSPS) is 11.4. The Kier molecular flexibility index (Phi) is 4.66. The molecule has 2 N–H and O–H groups in total. The van der Waals surface area contributed by atoms with Crippen molar-refractivity contribution < 1.29 is 17.7 Å². The molecule has 0 aliphatic rings. The van der Waals surface area contributed by atoms with Crippen molar-refractivity contribution in [3.63, 3.8) is 0 Å². The Bertz CT molecular complexity index is 995. The molecule has 25 heavy (non-hydrogen) atoms. The van der Waals surface area contributed by atoms with E-state index >= 15 is 0 Å². The smallest absolute Gasteiger partial charge is 0.265 e. The number of sulfonamides is 1. The lowest BCUT2D eigenvalue weighted by atomic mass is 10.2. The highest BCUT2D eigenvalue weighted by Crippen LogP contribution is 2.23. The Morgan fingerprint density at radius 2 is 2.00 bits per heavy atom. The van der Waals surface area contributed by atoms with E-state index in [0.29, 0.717) is 5.82 Å². The number of aromatic nitrogens is 2. The van der Waals surface area contributed by atoms with Gasteiger partial charge in [0.1, 0.15) is 16.3 Å². The van der Waals surface area contributed by atoms with E-state index in [0.717, 1.165) is 16.9 Å². The molecule has 3 rings (SSSR count). The van der Waals surface area contributed by atoms with Crippen LogP contribution >= 0.6 is 11.3 Å². The molecule has 0 spiro atoms. The fourth-order valence-electron chi connectivity index (χ4n) is 2.15. The zero-order valence-corrected chi connectivity index (χ0v) is 14.8. The molecule has 130 valence electrons. The molecule has 0 saturated carbocycles. The standard InChI is InChI=1S/C15H14N4O4S2/c1-19(15(20)13-11(7-8-24-13)25(16,21)22)9-12-17-14(18-23-12)10-5-3-2-4-6-10/h2-8H,9H2,1H3,(H2,16,21,22). The number of benzene rings is 1. The lowest BCUT2D eigenvalue weighted by Crippen LogP contribution is -2.27. The van der Waals surface area contributed by atoms with Crippen LogP contribution in [-0.4, -0.2) is 36.4 Å². The second-order valence-electron chi connectivity index (χ2n) is 5.20. The first-order valence-electron chi connectivity index (χ1n) is 7.10. The number of rotatable bonds is 5. The largest absolute Gasteiger partial charge is 0.337 e. The van der Waals surface area contributed by atoms with Crippen molar-refractivity contribution in [2.45, 2.75) is 11.4 Å². The Balaban J connectivity index is 1.77. The van der Waals surface area contributed by atoms with Crippen LogP contribution in [-0.2, 0) is 16.6 Å². The van der Waals surface area contributed by atoms with Crippen molar-refractivity contribution in [2.75, 3.05) is 7.05 Å². The summed E-state index contributed by atoms with van der Waals surface area (Å²) in [6.07, 6.45) is 0. The van der Waals surface area contributed by atoms with Crippen molar-refractivity contribution in [3.05, 3.63) is 52.5 Å². The first kappa shape index (κ1) is 17.3. The first-order chi connectivity index (χ1) is 11.9. The van der Waals surface area contributed by atoms with E-state index in [4.69, 9.17) is 9.66 Å². The molecule has 2 heterocycles. The molecular formula is C15H14N4O4S2. The van der Waals surface area contributed by atoms with Crippen LogP contribution in [0.4, 0.5) is 0 Å². The monoisotopic (exact) mass is 378 g/mol. The van der Waals surface area contributed by atoms with Crippen molar-refractivity contribution >= 4 is 27.3 Å². The van der Waals surface area contributed by atoms with Crippen molar-refractivity contribution in [2.24, 2.45) is 5.14 Å². The lowest BCUT2D eigenvalue weighted by molar-refractivity contribution is 0.0771. The summed E-state index contributed by atoms with van der Waals surface area (Å²) >= 11 is 1.01. The Labute approximate surface area is 147 Å². The second-order valence-corrected chi connectivity index (χ2v) is 7.64. The summed E-state index contributed by atoms with van der Waals surface area (Å²) in [4.78, 5) is 17.9. The summed E-state index contributed by atoms with van der Waals surface area (Å²) in [5.41, 5.74) is 0.793. The van der Waals surface area contributed by atoms with Gasteiger partial charge in [0.2, 0.25) is 21.7 Å². The fraction of sp³-hybridized carbons (Fsp3) is 0.133. The van der Waals surface area contributed by atoms with E-state index < -0.39 is 15.9 Å². The molecule has 3 aromatic rings. The summed E-state index contributed by atoms with van der Waals surface area (Å²) in [6, 6.07) is 10.6. The van der Waals surface area contributed by atoms with Crippen molar-refractivity contribution in [3.8, 4) is 11.4 Å². The highest BCUT2D eigenvalue weighted by molar-refractivity contribution is 7.89. The fourth-order valence-corrected chi connectivity index (χ4v) is 4.11. The molecule has 10 heteroatoms. The van der Waals surface area contributed by atoms with Crippen molar-refractivity contribution in [1.82, 2.24) is 15.0 Å². The van der Waals surface area contributed by atoms with Gasteiger partial charge in [0.25, 0.3) is 5.91 Å². The zero-order chi connectivity index (χ0) is 18.0. The van der Waals surface area contributed by atoms with Crippen LogP contribution in [0.1, 0.15) is 15.6 Å². The molecule has 0 atom stereocenters. The predicted molar refractivity (Wildman–Crippen MR) is 91.2 cm³/mol. The molecule has 0 radical (unpaired) electrons. The molecule has 8 nitrogen and oxygen atoms in total. The number of carbonyl (C=O) groups is 1. The van der Waals surface area contributed by atoms with Gasteiger partial charge in [0.15, 0.2) is 0 Å². The highest BCUT2D eigenvalue weighted by Gasteiger charge is 2.24. The van der Waals surface area contributed by atoms with Gasteiger partial charge >= 0.3 is 0 Å². The van der Waals surface area contributed by atoms with Gasteiger partial charge in [-0.15, -0.1) is 11.3 Å². The van der Waals surface area contributed by atoms with Crippen LogP contribution in [0.15, 0.2) is 51.2 Å². The molecule has 1 amide bonds. The van der Waals surface area contributed by atoms with E-state index in [-0.39, 0.29) is 22.2 Å². The maximum atomic E-state index is 12.5. The number of nitrogens with zero attached hydrogens (tertiary/aromatic N) is 3. The van der Waals surface area contributed by atoms with Gasteiger partial charge in [-0.2, -0.15) is 4.98 Å². The number of carbonyl (C=O) groups excluding carboxylic acids is 1. The Hall–Kier alpha value is -2.56. The maximum absolute atomic E-state index is 12.5. The molecular weight excluding hydrogens is 364 g/mol. The average molecular weight is 378 g/mol. The molecule has 0 bridgehead atoms. The van der Waals surface area contributed by atoms with Gasteiger partial charge < -0.3 is 9.42 Å². The van der Waals surface area contributed by atoms with Crippen LogP contribution in [0.2, 0.25) is 0 Å². The third-order valence-electron chi connectivity index (χ3n) is 3.35. The maximum Gasteiger partial charge on any atom is 0.265 e. The molecule has 0 aliphatic heterocycles. The molecule has 0 fully saturated rings. The van der Waals surface area contributed by atoms with E-state index in [2.05, 4.69) is 10.1 Å². The minimum Gasteiger partial charge on any atom is -0.337 e. The number of nitrogens with two attached hydrogens (primary N) is 1. The van der Waals surface area contributed by atoms with Crippen LogP contribution in [0.25, 0.3) is 11.4 Å². The third-order valence-corrected chi connectivity index (χ3v) is 5.33. The molecule has 0 saturated heterocycles. The van der Waals surface area contributed by atoms with E-state index in [1.807, 2.05) is 30.3 Å². The van der Waals surface area contributed by atoms with E-state index in [1.54, 1.807) is 0 Å². The van der Waals surface area contributed by atoms with Gasteiger partial charge in [0.05, 0.1) is 0 Å². The summed E-state index contributed by atoms with van der Waals surface area (Å²) < 4.78 is 28.2. The van der Waals surface area contributed by atoms with E-state index in [1.165, 1.54) is 23.4 Å². The van der Waals surface area contributed by atoms with E-state index in [9.17, 15) is 13.2 Å². The first-order valence-corrected chi connectivity index (χ1v) is 9.52. The summed E-state index contributed by atoms with van der Waals surface area (Å²) in [5, 5.41) is 10.5. The van der Waals surface area contributed by atoms with Gasteiger partial charge in [-0.3, -0.25) is 4.79 Å². The highest BCUT2D eigenvalue weighted by atomic mass is 32.2. The van der Waals surface area contributed by atoms with Crippen LogP contribution in [0, 0.1) is 0 Å². The number of amides is 1. The molecule has 0 aliphatic carbocycles. The number of hydrogen-bond acceptors (Lipinski definition) is 7. The Morgan fingerprint density at radius 3 is 2.68 bits per heavy atom. The number of primary sulfonamides is 1. The SMILES string of the molecule is CN(Cc1nc(-c2ccccc2)no1)C(=O)c1sccc1S(N)(=O)=O. The summed E-state index contributed by atoms with van der Waals surface area (Å²) in [7, 11) is -2.45. The van der Waals surface area contributed by atoms with Gasteiger partial charge in [0, 0.05) is 12.6 Å². The number of hydrogen-bond donors (Lipinski definition) is 1.